The van der Waals surface area contributed by atoms with Crippen LogP contribution in [0.5, 0.6) is 5.75 Å². The van der Waals surface area contributed by atoms with Crippen molar-refractivity contribution in [1.29, 1.82) is 0 Å². The summed E-state index contributed by atoms with van der Waals surface area (Å²) < 4.78 is 5.20. The number of likely N-dealkylation sites (N-methyl/N-ethyl adjacent to an activating group) is 1. The summed E-state index contributed by atoms with van der Waals surface area (Å²) in [4.78, 5) is 40.2. The quantitative estimate of drug-likeness (QED) is 0.577. The van der Waals surface area contributed by atoms with E-state index in [-0.39, 0.29) is 39.9 Å². The highest BCUT2D eigenvalue weighted by Gasteiger charge is 2.55. The summed E-state index contributed by atoms with van der Waals surface area (Å²) in [6.07, 6.45) is -0.0140. The minimum atomic E-state index is -1.60. The van der Waals surface area contributed by atoms with Crippen LogP contribution in [0.25, 0.3) is 0 Å². The van der Waals surface area contributed by atoms with Crippen molar-refractivity contribution in [2.24, 2.45) is 0 Å². The van der Waals surface area contributed by atoms with Crippen LogP contribution in [0.2, 0.25) is 10.0 Å². The molecule has 0 fully saturated rings. The first-order chi connectivity index (χ1) is 14.7. The van der Waals surface area contributed by atoms with Crippen molar-refractivity contribution in [2.75, 3.05) is 27.3 Å². The largest absolute Gasteiger partial charge is 0.495 e. The first kappa shape index (κ1) is 23.2. The van der Waals surface area contributed by atoms with Crippen LogP contribution in [0.1, 0.15) is 32.7 Å². The second kappa shape index (κ2) is 8.96. The maximum atomic E-state index is 13.7. The third-order valence-electron chi connectivity index (χ3n) is 5.74. The van der Waals surface area contributed by atoms with Crippen molar-refractivity contribution in [3.63, 3.8) is 0 Å². The normalized spacial score (nSPS) is 18.9. The number of aliphatic carboxylic acids is 1. The number of benzene rings is 2. The zero-order valence-electron chi connectivity index (χ0n) is 16.9. The van der Waals surface area contributed by atoms with Gasteiger partial charge < -0.3 is 14.9 Å². The van der Waals surface area contributed by atoms with Crippen molar-refractivity contribution in [3.05, 3.63) is 63.1 Å². The predicted octanol–water partition coefficient (Wildman–Crippen LogP) is 3.09. The van der Waals surface area contributed by atoms with Crippen molar-refractivity contribution in [1.82, 2.24) is 4.90 Å². The number of hydrogen-bond donors (Lipinski definition) is 2. The molecule has 1 aliphatic rings. The van der Waals surface area contributed by atoms with Crippen molar-refractivity contribution in [3.8, 4) is 5.75 Å². The second-order valence-electron chi connectivity index (χ2n) is 7.33. The second-order valence-corrected chi connectivity index (χ2v) is 8.08. The Morgan fingerprint density at radius 3 is 2.35 bits per heavy atom. The molecule has 0 bridgehead atoms. The van der Waals surface area contributed by atoms with Crippen molar-refractivity contribution >= 4 is 40.7 Å². The Morgan fingerprint density at radius 1 is 1.16 bits per heavy atom. The van der Waals surface area contributed by atoms with Crippen LogP contribution in [-0.2, 0) is 10.2 Å². The molecule has 0 aromatic heterocycles. The van der Waals surface area contributed by atoms with Gasteiger partial charge in [-0.25, -0.2) is 0 Å². The Labute approximate surface area is 189 Å². The number of rotatable bonds is 8. The fourth-order valence-corrected chi connectivity index (χ4v) is 4.47. The zero-order valence-corrected chi connectivity index (χ0v) is 18.4. The van der Waals surface area contributed by atoms with E-state index in [4.69, 9.17) is 27.9 Å². The molecule has 2 atom stereocenters. The maximum Gasteiger partial charge on any atom is 0.323 e. The lowest BCUT2D eigenvalue weighted by molar-refractivity contribution is -0.144. The van der Waals surface area contributed by atoms with Gasteiger partial charge in [0.25, 0.3) is 0 Å². The Hall–Kier alpha value is -2.45. The molecule has 0 saturated heterocycles. The number of nitrogens with zero attached hydrogens (tertiary/aromatic N) is 1. The number of fused-ring (bicyclic) bond motifs is 1. The summed E-state index contributed by atoms with van der Waals surface area (Å²) in [5, 5.41) is 18.7. The van der Waals surface area contributed by atoms with Crippen LogP contribution in [0.3, 0.4) is 0 Å². The minimum Gasteiger partial charge on any atom is -0.495 e. The number of Topliss-reactive ketones (excluding diaryl/α,β-unsaturated/α-hetero) is 2. The molecule has 0 saturated carbocycles. The molecule has 1 unspecified atom stereocenters. The van der Waals surface area contributed by atoms with Gasteiger partial charge in [0.05, 0.1) is 24.3 Å². The van der Waals surface area contributed by atoms with Gasteiger partial charge in [-0.1, -0.05) is 53.5 Å². The van der Waals surface area contributed by atoms with Crippen LogP contribution in [0.4, 0.5) is 0 Å². The molecule has 0 heterocycles. The third kappa shape index (κ3) is 3.72. The number of methoxy groups -OCH3 is 1. The lowest BCUT2D eigenvalue weighted by Crippen LogP contribution is -2.46. The van der Waals surface area contributed by atoms with Crippen LogP contribution in [0, 0.1) is 0 Å². The molecular weight excluding hydrogens is 445 g/mol. The van der Waals surface area contributed by atoms with E-state index < -0.39 is 35.6 Å². The predicted molar refractivity (Wildman–Crippen MR) is 116 cm³/mol. The summed E-state index contributed by atoms with van der Waals surface area (Å²) in [5.41, 5.74) is -0.993. The molecule has 0 amide bonds. The zero-order chi connectivity index (χ0) is 22.9. The van der Waals surface area contributed by atoms with Crippen molar-refractivity contribution < 1.29 is 29.3 Å². The van der Waals surface area contributed by atoms with Gasteiger partial charge in [-0.05, 0) is 25.1 Å². The molecule has 9 heteroatoms. The third-order valence-corrected chi connectivity index (χ3v) is 6.59. The van der Waals surface area contributed by atoms with E-state index >= 15 is 0 Å². The molecular formula is C22H21Cl2NO6. The summed E-state index contributed by atoms with van der Waals surface area (Å²) >= 11 is 12.6. The number of ether oxygens (including phenoxy) is 1. The summed E-state index contributed by atoms with van der Waals surface area (Å²) in [6.45, 7) is -0.550. The lowest BCUT2D eigenvalue weighted by Gasteiger charge is -2.30. The van der Waals surface area contributed by atoms with E-state index in [1.54, 1.807) is 30.3 Å². The molecule has 1 aliphatic carbocycles. The number of carbonyl (C=O) groups excluding carboxylic acids is 2. The first-order valence-corrected chi connectivity index (χ1v) is 10.2. The molecule has 0 aliphatic heterocycles. The average Bonchev–Trinajstić information content (AvgIpc) is 2.97. The number of aliphatic hydroxyl groups excluding tert-OH is 1. The van der Waals surface area contributed by atoms with Crippen molar-refractivity contribution in [2.45, 2.75) is 17.9 Å². The standard InChI is InChI=1S/C22H21Cl2NO6/c1-25(14(11-26)21(29)30)9-8-22(12-6-4-3-5-7-12)19(27)13-10-15(31-2)17(23)18(24)16(13)20(22)28/h3-7,10,14,26H,8-9,11H2,1-2H3,(H,29,30)/t14-,22?/m0/s1. The Kier molecular flexibility index (Phi) is 6.71. The van der Waals surface area contributed by atoms with Gasteiger partial charge >= 0.3 is 5.97 Å². The van der Waals surface area contributed by atoms with Crippen LogP contribution >= 0.6 is 23.2 Å². The molecule has 2 aromatic carbocycles. The topological polar surface area (TPSA) is 104 Å². The number of carboxylic acids is 1. The first-order valence-electron chi connectivity index (χ1n) is 9.45. The average molecular weight is 466 g/mol. The van der Waals surface area contributed by atoms with E-state index in [2.05, 4.69) is 0 Å². The van der Waals surface area contributed by atoms with Gasteiger partial charge in [0.15, 0.2) is 11.6 Å². The highest BCUT2D eigenvalue weighted by atomic mass is 35.5. The van der Waals surface area contributed by atoms with E-state index in [1.165, 1.54) is 25.1 Å². The highest BCUT2D eigenvalue weighted by Crippen LogP contribution is 2.48. The molecule has 0 radical (unpaired) electrons. The minimum absolute atomic E-state index is 0.0140. The van der Waals surface area contributed by atoms with Gasteiger partial charge in [0.2, 0.25) is 0 Å². The highest BCUT2D eigenvalue weighted by molar-refractivity contribution is 6.48. The van der Waals surface area contributed by atoms with E-state index in [0.29, 0.717) is 5.56 Å². The molecule has 31 heavy (non-hydrogen) atoms. The Morgan fingerprint density at radius 2 is 1.81 bits per heavy atom. The lowest BCUT2D eigenvalue weighted by atomic mass is 9.73. The fourth-order valence-electron chi connectivity index (χ4n) is 3.96. The number of carboxylic acid groups (broad SMARTS) is 1. The smallest absolute Gasteiger partial charge is 0.323 e. The summed E-state index contributed by atoms with van der Waals surface area (Å²) in [6, 6.07) is 8.79. The maximum absolute atomic E-state index is 13.7. The summed E-state index contributed by atoms with van der Waals surface area (Å²) in [7, 11) is 2.89. The monoisotopic (exact) mass is 465 g/mol. The molecule has 7 nitrogen and oxygen atoms in total. The van der Waals surface area contributed by atoms with E-state index in [1.807, 2.05) is 0 Å². The molecule has 3 rings (SSSR count). The fraction of sp³-hybridized carbons (Fsp3) is 0.318. The number of halogens is 2. The molecule has 0 spiro atoms. The van der Waals surface area contributed by atoms with E-state index in [0.717, 1.165) is 0 Å². The van der Waals surface area contributed by atoms with Crippen LogP contribution in [0.15, 0.2) is 36.4 Å². The van der Waals surface area contributed by atoms with Gasteiger partial charge in [-0.3, -0.25) is 19.3 Å². The molecule has 164 valence electrons. The van der Waals surface area contributed by atoms with Crippen LogP contribution in [-0.4, -0.2) is 66.0 Å². The van der Waals surface area contributed by atoms with Gasteiger partial charge in [-0.15, -0.1) is 0 Å². The number of aliphatic hydroxyl groups is 1. The summed E-state index contributed by atoms with van der Waals surface area (Å²) in [5.74, 6) is -1.98. The molecule has 2 aromatic rings. The number of ketones is 2. The SMILES string of the molecule is COc1cc2c(c(Cl)c1Cl)C(=O)C(CCN(C)[C@@H](CO)C(=O)O)(c1ccccc1)C2=O. The van der Waals surface area contributed by atoms with Gasteiger partial charge in [0, 0.05) is 12.1 Å². The van der Waals surface area contributed by atoms with Gasteiger partial charge in [0.1, 0.15) is 22.2 Å². The Balaban J connectivity index is 2.12. The Bertz CT molecular complexity index is 1040. The molecule has 2 N–H and O–H groups in total. The number of carbonyl (C=O) groups is 3. The van der Waals surface area contributed by atoms with Crippen LogP contribution < -0.4 is 4.74 Å². The van der Waals surface area contributed by atoms with Gasteiger partial charge in [-0.2, -0.15) is 0 Å². The number of hydrogen-bond acceptors (Lipinski definition) is 6. The van der Waals surface area contributed by atoms with E-state index in [9.17, 15) is 24.6 Å².